The minimum Gasteiger partial charge on any atom is -0.490 e. The lowest BCUT2D eigenvalue weighted by Crippen LogP contribution is -2.15. The Bertz CT molecular complexity index is 381. The van der Waals surface area contributed by atoms with E-state index in [0.717, 1.165) is 5.56 Å². The smallest absolute Gasteiger partial charge is 0.165 e. The Morgan fingerprint density at radius 3 is 2.56 bits per heavy atom. The number of benzene rings is 1. The van der Waals surface area contributed by atoms with Gasteiger partial charge in [-0.1, -0.05) is 39.2 Å². The topological polar surface area (TPSA) is 9.23 Å². The molecule has 0 atom stereocenters. The van der Waals surface area contributed by atoms with Gasteiger partial charge in [0.1, 0.15) is 0 Å². The number of halogens is 1. The van der Waals surface area contributed by atoms with E-state index in [9.17, 15) is 4.39 Å². The van der Waals surface area contributed by atoms with Crippen LogP contribution in [0.4, 0.5) is 4.39 Å². The van der Waals surface area contributed by atoms with Gasteiger partial charge in [0.25, 0.3) is 0 Å². The molecule has 1 saturated carbocycles. The highest BCUT2D eigenvalue weighted by Crippen LogP contribution is 2.27. The van der Waals surface area contributed by atoms with E-state index < -0.39 is 0 Å². The van der Waals surface area contributed by atoms with Crippen molar-refractivity contribution in [1.82, 2.24) is 0 Å². The van der Waals surface area contributed by atoms with Crippen LogP contribution in [-0.4, -0.2) is 6.61 Å². The lowest BCUT2D eigenvalue weighted by molar-refractivity contribution is 0.202. The van der Waals surface area contributed by atoms with Crippen LogP contribution in [0.25, 0.3) is 0 Å². The first-order chi connectivity index (χ1) is 8.66. The first kappa shape index (κ1) is 13.4. The monoisotopic (exact) mass is 250 g/mol. The molecule has 0 spiro atoms. The molecular weight excluding hydrogens is 227 g/mol. The predicted molar refractivity (Wildman–Crippen MR) is 72.6 cm³/mol. The zero-order chi connectivity index (χ0) is 13.0. The van der Waals surface area contributed by atoms with Crippen molar-refractivity contribution in [2.75, 3.05) is 6.61 Å². The van der Waals surface area contributed by atoms with Crippen molar-refractivity contribution < 1.29 is 9.13 Å². The molecule has 18 heavy (non-hydrogen) atoms. The Morgan fingerprint density at radius 1 is 1.22 bits per heavy atom. The van der Waals surface area contributed by atoms with Crippen LogP contribution in [-0.2, 0) is 0 Å². The first-order valence-electron chi connectivity index (χ1n) is 7.09. The predicted octanol–water partition coefficient (Wildman–Crippen LogP) is 4.91. The van der Waals surface area contributed by atoms with Crippen LogP contribution in [0.2, 0.25) is 0 Å². The number of hydrogen-bond donors (Lipinski definition) is 0. The van der Waals surface area contributed by atoms with Gasteiger partial charge in [-0.05, 0) is 42.4 Å². The molecular formula is C16H23FO. The Balaban J connectivity index is 1.92. The van der Waals surface area contributed by atoms with Crippen molar-refractivity contribution in [1.29, 1.82) is 0 Å². The molecule has 1 fully saturated rings. The molecule has 1 aromatic rings. The summed E-state index contributed by atoms with van der Waals surface area (Å²) in [6.45, 7) is 4.80. The van der Waals surface area contributed by atoms with Gasteiger partial charge >= 0.3 is 0 Å². The molecule has 0 amide bonds. The lowest BCUT2D eigenvalue weighted by atomic mass is 9.90. The van der Waals surface area contributed by atoms with E-state index in [1.54, 1.807) is 12.1 Å². The van der Waals surface area contributed by atoms with Gasteiger partial charge in [-0.3, -0.25) is 0 Å². The Kier molecular flexibility index (Phi) is 4.62. The Hall–Kier alpha value is -1.05. The van der Waals surface area contributed by atoms with E-state index in [2.05, 4.69) is 13.8 Å². The number of rotatable bonds is 4. The van der Waals surface area contributed by atoms with Gasteiger partial charge < -0.3 is 4.74 Å². The maximum Gasteiger partial charge on any atom is 0.165 e. The van der Waals surface area contributed by atoms with Crippen LogP contribution in [0, 0.1) is 11.7 Å². The van der Waals surface area contributed by atoms with Crippen molar-refractivity contribution in [2.24, 2.45) is 5.92 Å². The van der Waals surface area contributed by atoms with Crippen LogP contribution in [0.15, 0.2) is 18.2 Å². The summed E-state index contributed by atoms with van der Waals surface area (Å²) < 4.78 is 19.5. The summed E-state index contributed by atoms with van der Waals surface area (Å²) in [5.41, 5.74) is 1.03. The quantitative estimate of drug-likeness (QED) is 0.738. The number of hydrogen-bond acceptors (Lipinski definition) is 1. The maximum absolute atomic E-state index is 13.8. The normalized spacial score (nSPS) is 17.1. The van der Waals surface area contributed by atoms with Gasteiger partial charge in [0, 0.05) is 0 Å². The van der Waals surface area contributed by atoms with Gasteiger partial charge in [-0.2, -0.15) is 0 Å². The zero-order valence-electron chi connectivity index (χ0n) is 11.4. The minimum atomic E-state index is -0.225. The summed E-state index contributed by atoms with van der Waals surface area (Å²) in [6, 6.07) is 5.33. The van der Waals surface area contributed by atoms with E-state index in [1.807, 2.05) is 6.07 Å². The third-order valence-electron chi connectivity index (χ3n) is 3.82. The summed E-state index contributed by atoms with van der Waals surface area (Å²) in [5.74, 6) is 1.15. The molecule has 1 aromatic carbocycles. The molecule has 2 heteroatoms. The standard InChI is InChI=1S/C16H23FO/c1-12(2)14-8-9-16(15(17)10-14)18-11-13-6-4-3-5-7-13/h8-10,12-13H,3-7,11H2,1-2H3. The van der Waals surface area contributed by atoms with Crippen LogP contribution >= 0.6 is 0 Å². The van der Waals surface area contributed by atoms with Crippen LogP contribution in [0.5, 0.6) is 5.75 Å². The van der Waals surface area contributed by atoms with Crippen molar-refractivity contribution in [2.45, 2.75) is 51.9 Å². The lowest BCUT2D eigenvalue weighted by Gasteiger charge is -2.21. The second-order valence-electron chi connectivity index (χ2n) is 5.66. The van der Waals surface area contributed by atoms with Crippen molar-refractivity contribution >= 4 is 0 Å². The van der Waals surface area contributed by atoms with Crippen molar-refractivity contribution in [3.8, 4) is 5.75 Å². The Labute approximate surface area is 109 Å². The van der Waals surface area contributed by atoms with E-state index in [-0.39, 0.29) is 5.82 Å². The molecule has 1 nitrogen and oxygen atoms in total. The maximum atomic E-state index is 13.8. The molecule has 100 valence electrons. The molecule has 0 aliphatic heterocycles. The van der Waals surface area contributed by atoms with Crippen molar-refractivity contribution in [3.63, 3.8) is 0 Å². The fourth-order valence-electron chi connectivity index (χ4n) is 2.55. The van der Waals surface area contributed by atoms with Crippen LogP contribution < -0.4 is 4.74 Å². The fraction of sp³-hybridized carbons (Fsp3) is 0.625. The second kappa shape index (κ2) is 6.21. The van der Waals surface area contributed by atoms with Crippen molar-refractivity contribution in [3.05, 3.63) is 29.6 Å². The molecule has 0 heterocycles. The molecule has 0 saturated heterocycles. The molecule has 0 bridgehead atoms. The fourth-order valence-corrected chi connectivity index (χ4v) is 2.55. The minimum absolute atomic E-state index is 0.225. The van der Waals surface area contributed by atoms with Gasteiger partial charge in [-0.15, -0.1) is 0 Å². The average Bonchev–Trinajstić information content (AvgIpc) is 2.38. The molecule has 0 N–H and O–H groups in total. The first-order valence-corrected chi connectivity index (χ1v) is 7.09. The highest BCUT2D eigenvalue weighted by Gasteiger charge is 2.15. The van der Waals surface area contributed by atoms with E-state index >= 15 is 0 Å². The van der Waals surface area contributed by atoms with Gasteiger partial charge in [0.05, 0.1) is 6.61 Å². The molecule has 1 aliphatic carbocycles. The Morgan fingerprint density at radius 2 is 1.94 bits per heavy atom. The summed E-state index contributed by atoms with van der Waals surface area (Å²) in [4.78, 5) is 0. The van der Waals surface area contributed by atoms with Gasteiger partial charge in [-0.25, -0.2) is 4.39 Å². The third-order valence-corrected chi connectivity index (χ3v) is 3.82. The van der Waals surface area contributed by atoms with Gasteiger partial charge in [0.2, 0.25) is 0 Å². The zero-order valence-corrected chi connectivity index (χ0v) is 11.4. The van der Waals surface area contributed by atoms with Crippen LogP contribution in [0.1, 0.15) is 57.4 Å². The summed E-state index contributed by atoms with van der Waals surface area (Å²) in [6.07, 6.45) is 6.39. The van der Waals surface area contributed by atoms with Crippen LogP contribution in [0.3, 0.4) is 0 Å². The highest BCUT2D eigenvalue weighted by molar-refractivity contribution is 5.30. The molecule has 0 aromatic heterocycles. The number of ether oxygens (including phenoxy) is 1. The SMILES string of the molecule is CC(C)c1ccc(OCC2CCCCC2)c(F)c1. The second-order valence-corrected chi connectivity index (χ2v) is 5.66. The van der Waals surface area contributed by atoms with E-state index in [1.165, 1.54) is 32.1 Å². The third kappa shape index (κ3) is 3.47. The molecule has 0 unspecified atom stereocenters. The van der Waals surface area contributed by atoms with E-state index in [4.69, 9.17) is 4.74 Å². The largest absolute Gasteiger partial charge is 0.490 e. The molecule has 1 aliphatic rings. The average molecular weight is 250 g/mol. The summed E-state index contributed by atoms with van der Waals surface area (Å²) in [7, 11) is 0. The molecule has 0 radical (unpaired) electrons. The highest BCUT2D eigenvalue weighted by atomic mass is 19.1. The van der Waals surface area contributed by atoms with E-state index in [0.29, 0.717) is 24.2 Å². The summed E-state index contributed by atoms with van der Waals surface area (Å²) in [5, 5.41) is 0. The summed E-state index contributed by atoms with van der Waals surface area (Å²) >= 11 is 0. The molecule has 2 rings (SSSR count). The van der Waals surface area contributed by atoms with Gasteiger partial charge in [0.15, 0.2) is 11.6 Å².